The van der Waals surface area contributed by atoms with Crippen molar-refractivity contribution in [2.24, 2.45) is 0 Å². The number of allylic oxidation sites excluding steroid dienone is 1. The van der Waals surface area contributed by atoms with Gasteiger partial charge in [-0.2, -0.15) is 0 Å². The predicted octanol–water partition coefficient (Wildman–Crippen LogP) is 3.63. The van der Waals surface area contributed by atoms with Crippen LogP contribution in [0.15, 0.2) is 59.8 Å². The van der Waals surface area contributed by atoms with E-state index in [4.69, 9.17) is 26.4 Å². The molecular weight excluding hydrogens is 388 g/mol. The Hall–Kier alpha value is -3.06. The Bertz CT molecular complexity index is 928. The van der Waals surface area contributed by atoms with Crippen molar-refractivity contribution < 1.29 is 19.0 Å². The lowest BCUT2D eigenvalue weighted by Crippen LogP contribution is -2.45. The highest BCUT2D eigenvalue weighted by Gasteiger charge is 2.31. The zero-order chi connectivity index (χ0) is 20.8. The second kappa shape index (κ2) is 9.43. The van der Waals surface area contributed by atoms with Crippen LogP contribution in [0.1, 0.15) is 31.0 Å². The lowest BCUT2D eigenvalue weighted by Gasteiger charge is -2.30. The predicted molar refractivity (Wildman–Crippen MR) is 115 cm³/mol. The Morgan fingerprint density at radius 1 is 1.14 bits per heavy atom. The molecular formula is C22H24N2O4S. The van der Waals surface area contributed by atoms with Crippen molar-refractivity contribution >= 4 is 23.3 Å². The summed E-state index contributed by atoms with van der Waals surface area (Å²) in [6.07, 6.45) is 0. The van der Waals surface area contributed by atoms with Gasteiger partial charge in [0.05, 0.1) is 25.3 Å². The van der Waals surface area contributed by atoms with Crippen LogP contribution in [-0.2, 0) is 16.1 Å². The molecule has 2 N–H and O–H groups in total. The minimum atomic E-state index is -0.461. The third kappa shape index (κ3) is 4.86. The van der Waals surface area contributed by atoms with Crippen molar-refractivity contribution in [1.29, 1.82) is 0 Å². The van der Waals surface area contributed by atoms with E-state index in [1.165, 1.54) is 0 Å². The zero-order valence-electron chi connectivity index (χ0n) is 16.7. The third-order valence-corrected chi connectivity index (χ3v) is 4.74. The van der Waals surface area contributed by atoms with Crippen molar-refractivity contribution in [3.8, 4) is 11.5 Å². The molecule has 0 unspecified atom stereocenters. The number of benzene rings is 2. The van der Waals surface area contributed by atoms with Crippen LogP contribution >= 0.6 is 12.2 Å². The van der Waals surface area contributed by atoms with Gasteiger partial charge in [0, 0.05) is 5.70 Å². The molecule has 0 spiro atoms. The molecule has 1 aliphatic heterocycles. The van der Waals surface area contributed by atoms with Gasteiger partial charge in [-0.25, -0.2) is 4.79 Å². The van der Waals surface area contributed by atoms with Crippen LogP contribution in [-0.4, -0.2) is 24.8 Å². The highest BCUT2D eigenvalue weighted by atomic mass is 32.1. The van der Waals surface area contributed by atoms with Gasteiger partial charge in [-0.3, -0.25) is 0 Å². The van der Waals surface area contributed by atoms with Crippen molar-refractivity contribution in [2.45, 2.75) is 26.5 Å². The summed E-state index contributed by atoms with van der Waals surface area (Å²) in [6.45, 7) is 4.44. The number of thiocarbonyl (C=S) groups is 1. The van der Waals surface area contributed by atoms with E-state index in [2.05, 4.69) is 10.6 Å². The Morgan fingerprint density at radius 2 is 1.90 bits per heavy atom. The molecule has 2 aromatic carbocycles. The molecule has 29 heavy (non-hydrogen) atoms. The summed E-state index contributed by atoms with van der Waals surface area (Å²) >= 11 is 5.30. The Kier molecular flexibility index (Phi) is 6.72. The van der Waals surface area contributed by atoms with Crippen LogP contribution in [0.3, 0.4) is 0 Å². The summed E-state index contributed by atoms with van der Waals surface area (Å²) in [5, 5.41) is 6.62. The Labute approximate surface area is 175 Å². The molecule has 0 amide bonds. The van der Waals surface area contributed by atoms with Gasteiger partial charge in [0.15, 0.2) is 16.6 Å². The van der Waals surface area contributed by atoms with Gasteiger partial charge in [0.2, 0.25) is 0 Å². The van der Waals surface area contributed by atoms with E-state index in [0.29, 0.717) is 34.5 Å². The minimum Gasteiger partial charge on any atom is -0.493 e. The third-order valence-electron chi connectivity index (χ3n) is 4.52. The van der Waals surface area contributed by atoms with Crippen LogP contribution in [0.2, 0.25) is 0 Å². The average Bonchev–Trinajstić information content (AvgIpc) is 2.72. The summed E-state index contributed by atoms with van der Waals surface area (Å²) < 4.78 is 16.6. The van der Waals surface area contributed by atoms with Crippen LogP contribution in [0.5, 0.6) is 11.5 Å². The molecule has 0 radical (unpaired) electrons. The fourth-order valence-electron chi connectivity index (χ4n) is 3.15. The molecule has 0 fully saturated rings. The van der Waals surface area contributed by atoms with Gasteiger partial charge < -0.3 is 24.8 Å². The van der Waals surface area contributed by atoms with Crippen molar-refractivity contribution in [3.63, 3.8) is 0 Å². The largest absolute Gasteiger partial charge is 0.493 e. The first kappa shape index (κ1) is 20.7. The lowest BCUT2D eigenvalue weighted by atomic mass is 9.95. The number of hydrogen-bond acceptors (Lipinski definition) is 5. The maximum Gasteiger partial charge on any atom is 0.338 e. The standard InChI is InChI=1S/C22H24N2O4S/c1-4-27-17-11-10-16(12-18(17)26-3)20-19(14(2)23-22(29)24-20)21(25)28-13-15-8-6-5-7-9-15/h5-12,20H,4,13H2,1-3H3,(H2,23,24,29)/t20-/m1/s1. The zero-order valence-corrected chi connectivity index (χ0v) is 17.5. The SMILES string of the molecule is CCOc1ccc([C@H]2NC(=S)NC(C)=C2C(=O)OCc2ccccc2)cc1OC. The van der Waals surface area contributed by atoms with Crippen LogP contribution in [0, 0.1) is 0 Å². The van der Waals surface area contributed by atoms with Crippen LogP contribution < -0.4 is 20.1 Å². The molecule has 1 atom stereocenters. The van der Waals surface area contributed by atoms with Gasteiger partial charge in [-0.1, -0.05) is 36.4 Å². The molecule has 1 aliphatic rings. The van der Waals surface area contributed by atoms with E-state index in [0.717, 1.165) is 11.1 Å². The number of nitrogens with one attached hydrogen (secondary N) is 2. The number of carbonyl (C=O) groups is 1. The number of ether oxygens (including phenoxy) is 3. The first-order valence-electron chi connectivity index (χ1n) is 9.33. The second-order valence-corrected chi connectivity index (χ2v) is 6.88. The summed E-state index contributed by atoms with van der Waals surface area (Å²) in [5.41, 5.74) is 2.87. The molecule has 2 aromatic rings. The van der Waals surface area contributed by atoms with E-state index in [-0.39, 0.29) is 6.61 Å². The first-order valence-corrected chi connectivity index (χ1v) is 9.74. The molecule has 6 nitrogen and oxygen atoms in total. The fourth-order valence-corrected chi connectivity index (χ4v) is 3.42. The maximum absolute atomic E-state index is 12.9. The smallest absolute Gasteiger partial charge is 0.338 e. The van der Waals surface area contributed by atoms with Crippen LogP contribution in [0.25, 0.3) is 0 Å². The normalized spacial score (nSPS) is 16.0. The Balaban J connectivity index is 1.88. The van der Waals surface area contributed by atoms with E-state index in [9.17, 15) is 4.79 Å². The number of methoxy groups -OCH3 is 1. The summed E-state index contributed by atoms with van der Waals surface area (Å²) in [6, 6.07) is 14.7. The van der Waals surface area contributed by atoms with E-state index in [1.54, 1.807) is 7.11 Å². The van der Waals surface area contributed by atoms with Gasteiger partial charge in [0.1, 0.15) is 6.61 Å². The number of esters is 1. The number of hydrogen-bond donors (Lipinski definition) is 2. The van der Waals surface area contributed by atoms with E-state index < -0.39 is 12.0 Å². The summed E-state index contributed by atoms with van der Waals surface area (Å²) in [5.74, 6) is 0.820. The fraction of sp³-hybridized carbons (Fsp3) is 0.273. The van der Waals surface area contributed by atoms with Crippen molar-refractivity contribution in [1.82, 2.24) is 10.6 Å². The summed E-state index contributed by atoms with van der Waals surface area (Å²) in [4.78, 5) is 12.9. The van der Waals surface area contributed by atoms with E-state index >= 15 is 0 Å². The monoisotopic (exact) mass is 412 g/mol. The molecule has 152 valence electrons. The second-order valence-electron chi connectivity index (χ2n) is 6.48. The number of carbonyl (C=O) groups excluding carboxylic acids is 1. The lowest BCUT2D eigenvalue weighted by molar-refractivity contribution is -0.140. The molecule has 0 saturated carbocycles. The summed E-state index contributed by atoms with van der Waals surface area (Å²) in [7, 11) is 1.58. The van der Waals surface area contributed by atoms with Crippen LogP contribution in [0.4, 0.5) is 0 Å². The molecule has 0 bridgehead atoms. The topological polar surface area (TPSA) is 68.8 Å². The van der Waals surface area contributed by atoms with E-state index in [1.807, 2.05) is 62.4 Å². The van der Waals surface area contributed by atoms with Gasteiger partial charge in [-0.05, 0) is 49.3 Å². The minimum absolute atomic E-state index is 0.195. The quantitative estimate of drug-likeness (QED) is 0.532. The molecule has 3 rings (SSSR count). The van der Waals surface area contributed by atoms with Gasteiger partial charge in [-0.15, -0.1) is 0 Å². The number of rotatable bonds is 7. The maximum atomic E-state index is 12.9. The van der Waals surface area contributed by atoms with Crippen molar-refractivity contribution in [2.75, 3.05) is 13.7 Å². The van der Waals surface area contributed by atoms with Crippen molar-refractivity contribution in [3.05, 3.63) is 70.9 Å². The van der Waals surface area contributed by atoms with Gasteiger partial charge >= 0.3 is 5.97 Å². The molecule has 0 aromatic heterocycles. The highest BCUT2D eigenvalue weighted by Crippen LogP contribution is 2.34. The highest BCUT2D eigenvalue weighted by molar-refractivity contribution is 7.80. The molecule has 1 heterocycles. The molecule has 0 saturated heterocycles. The Morgan fingerprint density at radius 3 is 2.59 bits per heavy atom. The molecule has 0 aliphatic carbocycles. The average molecular weight is 413 g/mol. The first-order chi connectivity index (χ1) is 14.0. The van der Waals surface area contributed by atoms with Gasteiger partial charge in [0.25, 0.3) is 0 Å². The molecule has 7 heteroatoms.